The zero-order valence-electron chi connectivity index (χ0n) is 13.8. The molecule has 1 aromatic heterocycles. The summed E-state index contributed by atoms with van der Waals surface area (Å²) in [6, 6.07) is 8.07. The van der Waals surface area contributed by atoms with Crippen LogP contribution in [0, 0.1) is 13.8 Å². The first-order valence-corrected chi connectivity index (χ1v) is 8.08. The van der Waals surface area contributed by atoms with Crippen LogP contribution >= 0.6 is 0 Å². The van der Waals surface area contributed by atoms with Gasteiger partial charge in [-0.2, -0.15) is 5.10 Å². The molecule has 1 amide bonds. The summed E-state index contributed by atoms with van der Waals surface area (Å²) in [7, 11) is 0. The Morgan fingerprint density at radius 2 is 2.22 bits per heavy atom. The van der Waals surface area contributed by atoms with E-state index in [9.17, 15) is 4.79 Å². The number of aromatic nitrogens is 2. The fourth-order valence-electron chi connectivity index (χ4n) is 3.33. The van der Waals surface area contributed by atoms with Gasteiger partial charge >= 0.3 is 0 Å². The number of hydrogen-bond donors (Lipinski definition) is 2. The van der Waals surface area contributed by atoms with E-state index >= 15 is 0 Å². The van der Waals surface area contributed by atoms with Crippen molar-refractivity contribution < 1.29 is 9.53 Å². The lowest BCUT2D eigenvalue weighted by Gasteiger charge is -2.26. The van der Waals surface area contributed by atoms with Crippen molar-refractivity contribution in [3.05, 3.63) is 46.8 Å². The van der Waals surface area contributed by atoms with Crippen LogP contribution in [0.1, 0.15) is 47.7 Å². The summed E-state index contributed by atoms with van der Waals surface area (Å²) in [6.45, 7) is 7.15. The van der Waals surface area contributed by atoms with Gasteiger partial charge in [0.05, 0.1) is 18.2 Å². The molecule has 5 heteroatoms. The molecule has 0 bridgehead atoms. The maximum absolute atomic E-state index is 12.5. The molecular weight excluding hydrogens is 290 g/mol. The minimum atomic E-state index is -0.205. The molecule has 5 nitrogen and oxygen atoms in total. The maximum atomic E-state index is 12.5. The van der Waals surface area contributed by atoms with Crippen LogP contribution in [0.4, 0.5) is 0 Å². The number of carbonyl (C=O) groups is 1. The van der Waals surface area contributed by atoms with Gasteiger partial charge in [0, 0.05) is 23.7 Å². The predicted octanol–water partition coefficient (Wildman–Crippen LogP) is 2.81. The van der Waals surface area contributed by atoms with Crippen molar-refractivity contribution in [2.24, 2.45) is 0 Å². The van der Waals surface area contributed by atoms with E-state index in [1.54, 1.807) is 0 Å². The van der Waals surface area contributed by atoms with Crippen molar-refractivity contribution >= 4 is 5.91 Å². The Balaban J connectivity index is 1.66. The Morgan fingerprint density at radius 3 is 2.96 bits per heavy atom. The van der Waals surface area contributed by atoms with Gasteiger partial charge in [0.25, 0.3) is 0 Å². The van der Waals surface area contributed by atoms with E-state index < -0.39 is 0 Å². The van der Waals surface area contributed by atoms with E-state index in [4.69, 9.17) is 4.74 Å². The third-order valence-electron chi connectivity index (χ3n) is 4.62. The third-order valence-corrected chi connectivity index (χ3v) is 4.62. The van der Waals surface area contributed by atoms with Crippen molar-refractivity contribution in [1.82, 2.24) is 15.5 Å². The zero-order chi connectivity index (χ0) is 16.4. The lowest BCUT2D eigenvalue weighted by atomic mass is 9.92. The molecule has 2 aromatic rings. The highest BCUT2D eigenvalue weighted by Crippen LogP contribution is 2.33. The van der Waals surface area contributed by atoms with Gasteiger partial charge in [0.15, 0.2) is 0 Å². The lowest BCUT2D eigenvalue weighted by molar-refractivity contribution is -0.122. The van der Waals surface area contributed by atoms with Gasteiger partial charge in [-0.3, -0.25) is 9.89 Å². The number of nitrogens with zero attached hydrogens (tertiary/aromatic N) is 1. The summed E-state index contributed by atoms with van der Waals surface area (Å²) in [5.74, 6) is 1.08. The molecule has 0 unspecified atom stereocenters. The van der Waals surface area contributed by atoms with E-state index in [1.165, 1.54) is 5.56 Å². The number of carbonyl (C=O) groups excluding carboxylic acids is 1. The Labute approximate surface area is 136 Å². The van der Waals surface area contributed by atoms with Gasteiger partial charge in [-0.15, -0.1) is 0 Å². The van der Waals surface area contributed by atoms with Crippen molar-refractivity contribution in [2.45, 2.75) is 39.0 Å². The van der Waals surface area contributed by atoms with Crippen molar-refractivity contribution in [1.29, 1.82) is 0 Å². The number of fused-ring (bicyclic) bond motifs is 1. The standard InChI is InChI=1S/C18H23N3O2/c1-11(17-12(2)20-21-13(17)3)18(22)19-10-14-8-9-23-16-7-5-4-6-15(14)16/h4-7,11,14H,8-10H2,1-3H3,(H,19,22)(H,20,21)/t11-,14+/m0/s1. The molecule has 0 aliphatic carbocycles. The molecule has 122 valence electrons. The molecule has 0 spiro atoms. The second-order valence-electron chi connectivity index (χ2n) is 6.19. The molecule has 0 saturated heterocycles. The second kappa shape index (κ2) is 6.44. The Morgan fingerprint density at radius 1 is 1.43 bits per heavy atom. The minimum absolute atomic E-state index is 0.0431. The quantitative estimate of drug-likeness (QED) is 0.912. The number of rotatable bonds is 4. The summed E-state index contributed by atoms with van der Waals surface area (Å²) < 4.78 is 5.67. The summed E-state index contributed by atoms with van der Waals surface area (Å²) in [5, 5.41) is 10.2. The lowest BCUT2D eigenvalue weighted by Crippen LogP contribution is -2.33. The van der Waals surface area contributed by atoms with Crippen molar-refractivity contribution in [2.75, 3.05) is 13.2 Å². The van der Waals surface area contributed by atoms with E-state index in [2.05, 4.69) is 21.6 Å². The number of benzene rings is 1. The average Bonchev–Trinajstić information content (AvgIpc) is 2.90. The van der Waals surface area contributed by atoms with Crippen molar-refractivity contribution in [3.8, 4) is 5.75 Å². The molecule has 3 rings (SSSR count). The van der Waals surface area contributed by atoms with E-state index in [-0.39, 0.29) is 11.8 Å². The molecule has 1 aliphatic rings. The van der Waals surface area contributed by atoms with Crippen LogP contribution < -0.4 is 10.1 Å². The van der Waals surface area contributed by atoms with Gasteiger partial charge in [0.2, 0.25) is 5.91 Å². The summed E-state index contributed by atoms with van der Waals surface area (Å²) in [5.41, 5.74) is 4.03. The van der Waals surface area contributed by atoms with E-state index in [0.717, 1.165) is 29.1 Å². The molecule has 23 heavy (non-hydrogen) atoms. The number of aromatic amines is 1. The van der Waals surface area contributed by atoms with E-state index in [0.29, 0.717) is 19.1 Å². The Bertz CT molecular complexity index is 689. The third kappa shape index (κ3) is 3.09. The molecule has 1 aliphatic heterocycles. The largest absolute Gasteiger partial charge is 0.493 e. The fraction of sp³-hybridized carbons (Fsp3) is 0.444. The number of amides is 1. The van der Waals surface area contributed by atoms with Crippen LogP contribution in [-0.2, 0) is 4.79 Å². The van der Waals surface area contributed by atoms with Crippen LogP contribution in [0.15, 0.2) is 24.3 Å². The molecule has 0 radical (unpaired) electrons. The van der Waals surface area contributed by atoms with Crippen LogP contribution in [0.5, 0.6) is 5.75 Å². The molecule has 2 N–H and O–H groups in total. The highest BCUT2D eigenvalue weighted by Gasteiger charge is 2.24. The molecule has 0 fully saturated rings. The first kappa shape index (κ1) is 15.6. The molecule has 2 atom stereocenters. The first-order chi connectivity index (χ1) is 11.1. The van der Waals surface area contributed by atoms with Gasteiger partial charge in [-0.25, -0.2) is 0 Å². The van der Waals surface area contributed by atoms with Crippen LogP contribution in [0.2, 0.25) is 0 Å². The van der Waals surface area contributed by atoms with Crippen LogP contribution in [0.25, 0.3) is 0 Å². The fourth-order valence-corrected chi connectivity index (χ4v) is 3.33. The minimum Gasteiger partial charge on any atom is -0.493 e. The smallest absolute Gasteiger partial charge is 0.227 e. The highest BCUT2D eigenvalue weighted by molar-refractivity contribution is 5.83. The second-order valence-corrected chi connectivity index (χ2v) is 6.19. The number of aryl methyl sites for hydroxylation is 2. The summed E-state index contributed by atoms with van der Waals surface area (Å²) >= 11 is 0. The van der Waals surface area contributed by atoms with Gasteiger partial charge in [-0.1, -0.05) is 18.2 Å². The van der Waals surface area contributed by atoms with E-state index in [1.807, 2.05) is 39.0 Å². The number of ether oxygens (including phenoxy) is 1. The van der Waals surface area contributed by atoms with Crippen LogP contribution in [0.3, 0.4) is 0 Å². The topological polar surface area (TPSA) is 67.0 Å². The molecule has 1 aromatic carbocycles. The Hall–Kier alpha value is -2.30. The van der Waals surface area contributed by atoms with Gasteiger partial charge in [0.1, 0.15) is 5.75 Å². The zero-order valence-corrected chi connectivity index (χ0v) is 13.8. The van der Waals surface area contributed by atoms with Crippen molar-refractivity contribution in [3.63, 3.8) is 0 Å². The number of nitrogens with one attached hydrogen (secondary N) is 2. The Kier molecular flexibility index (Phi) is 4.37. The number of hydrogen-bond acceptors (Lipinski definition) is 3. The highest BCUT2D eigenvalue weighted by atomic mass is 16.5. The van der Waals surface area contributed by atoms with Gasteiger partial charge < -0.3 is 10.1 Å². The molecule has 0 saturated carbocycles. The summed E-state index contributed by atoms with van der Waals surface area (Å²) in [4.78, 5) is 12.5. The first-order valence-electron chi connectivity index (χ1n) is 8.08. The predicted molar refractivity (Wildman–Crippen MR) is 88.8 cm³/mol. The molecule has 2 heterocycles. The normalized spacial score (nSPS) is 18.0. The molecular formula is C18H23N3O2. The number of para-hydroxylation sites is 1. The summed E-state index contributed by atoms with van der Waals surface area (Å²) in [6.07, 6.45) is 0.926. The maximum Gasteiger partial charge on any atom is 0.227 e. The average molecular weight is 313 g/mol. The SMILES string of the molecule is Cc1n[nH]c(C)c1[C@H](C)C(=O)NC[C@H]1CCOc2ccccc21. The van der Waals surface area contributed by atoms with Crippen LogP contribution in [-0.4, -0.2) is 29.3 Å². The monoisotopic (exact) mass is 313 g/mol. The number of H-pyrrole nitrogens is 1. The van der Waals surface area contributed by atoms with Gasteiger partial charge in [-0.05, 0) is 38.8 Å².